The lowest BCUT2D eigenvalue weighted by atomic mass is 9.82. The molecular formula is C19H21N5O2. The molecule has 1 saturated heterocycles. The van der Waals surface area contributed by atoms with E-state index in [-0.39, 0.29) is 5.91 Å². The molecule has 1 aliphatic carbocycles. The van der Waals surface area contributed by atoms with E-state index in [4.69, 9.17) is 0 Å². The van der Waals surface area contributed by atoms with Crippen molar-refractivity contribution in [1.29, 1.82) is 0 Å². The third-order valence-electron chi connectivity index (χ3n) is 5.01. The molecule has 2 fully saturated rings. The predicted molar refractivity (Wildman–Crippen MR) is 96.6 cm³/mol. The second-order valence-corrected chi connectivity index (χ2v) is 6.89. The van der Waals surface area contributed by atoms with Crippen molar-refractivity contribution in [2.24, 2.45) is 5.10 Å². The number of carbonyl (C=O) groups is 2. The summed E-state index contributed by atoms with van der Waals surface area (Å²) in [4.78, 5) is 24.9. The summed E-state index contributed by atoms with van der Waals surface area (Å²) in [5.41, 5.74) is 1.14. The predicted octanol–water partition coefficient (Wildman–Crippen LogP) is 2.52. The van der Waals surface area contributed by atoms with Crippen molar-refractivity contribution in [3.8, 4) is 0 Å². The summed E-state index contributed by atoms with van der Waals surface area (Å²) >= 11 is 0. The van der Waals surface area contributed by atoms with Crippen molar-refractivity contribution in [2.75, 3.05) is 0 Å². The van der Waals surface area contributed by atoms with E-state index in [1.54, 1.807) is 10.9 Å². The first-order valence-corrected chi connectivity index (χ1v) is 8.93. The minimum absolute atomic E-state index is 0.241. The topological polar surface area (TPSA) is 79.6 Å². The monoisotopic (exact) mass is 351 g/mol. The highest BCUT2D eigenvalue weighted by atomic mass is 16.2. The number of nitrogens with one attached hydrogen (secondary N) is 1. The summed E-state index contributed by atoms with van der Waals surface area (Å²) in [5.74, 6) is -0.241. The number of amides is 3. The van der Waals surface area contributed by atoms with Gasteiger partial charge in [0.25, 0.3) is 5.91 Å². The number of urea groups is 1. The third kappa shape index (κ3) is 3.12. The molecule has 4 rings (SSSR count). The molecule has 0 bridgehead atoms. The van der Waals surface area contributed by atoms with Crippen molar-refractivity contribution < 1.29 is 9.59 Å². The summed E-state index contributed by atoms with van der Waals surface area (Å²) in [7, 11) is 0. The number of hydrazone groups is 1. The zero-order chi connectivity index (χ0) is 18.0. The molecule has 3 amide bonds. The van der Waals surface area contributed by atoms with Gasteiger partial charge < -0.3 is 5.32 Å². The molecule has 7 nitrogen and oxygen atoms in total. The van der Waals surface area contributed by atoms with Gasteiger partial charge in [-0.2, -0.15) is 10.2 Å². The molecule has 1 aromatic heterocycles. The highest BCUT2D eigenvalue weighted by Gasteiger charge is 2.51. The maximum Gasteiger partial charge on any atom is 0.346 e. The SMILES string of the molecule is O=C1NC2(CCCCC2)C(=O)N1/N=C\c1cnn(Cc2ccccc2)c1. The number of aromatic nitrogens is 2. The van der Waals surface area contributed by atoms with E-state index in [1.165, 1.54) is 6.21 Å². The summed E-state index contributed by atoms with van der Waals surface area (Å²) < 4.78 is 1.80. The Kier molecular flexibility index (Phi) is 4.28. The lowest BCUT2D eigenvalue weighted by molar-refractivity contribution is -0.132. The standard InChI is InChI=1S/C19H21N5O2/c25-17-19(9-5-2-6-10-19)22-18(26)24(17)21-12-16-11-20-23(14-16)13-15-7-3-1-4-8-15/h1,3-4,7-8,11-12,14H,2,5-6,9-10,13H2,(H,22,26)/b21-12-. The first kappa shape index (κ1) is 16.5. The average molecular weight is 351 g/mol. The van der Waals surface area contributed by atoms with Gasteiger partial charge in [-0.05, 0) is 18.4 Å². The Morgan fingerprint density at radius 2 is 1.92 bits per heavy atom. The van der Waals surface area contributed by atoms with Crippen LogP contribution < -0.4 is 5.32 Å². The van der Waals surface area contributed by atoms with E-state index in [0.717, 1.165) is 35.4 Å². The molecule has 1 N–H and O–H groups in total. The van der Waals surface area contributed by atoms with Gasteiger partial charge in [0.2, 0.25) is 0 Å². The van der Waals surface area contributed by atoms with Crippen molar-refractivity contribution in [2.45, 2.75) is 44.2 Å². The van der Waals surface area contributed by atoms with Gasteiger partial charge in [0.15, 0.2) is 0 Å². The van der Waals surface area contributed by atoms with Gasteiger partial charge in [-0.1, -0.05) is 49.6 Å². The second-order valence-electron chi connectivity index (χ2n) is 6.89. The molecule has 1 aromatic carbocycles. The Balaban J connectivity index is 1.45. The van der Waals surface area contributed by atoms with Gasteiger partial charge in [-0.15, -0.1) is 5.01 Å². The molecule has 2 heterocycles. The van der Waals surface area contributed by atoms with Gasteiger partial charge in [0, 0.05) is 11.8 Å². The number of benzene rings is 1. The van der Waals surface area contributed by atoms with Crippen molar-refractivity contribution in [3.63, 3.8) is 0 Å². The minimum atomic E-state index is -0.746. The molecule has 1 spiro atoms. The summed E-state index contributed by atoms with van der Waals surface area (Å²) in [6, 6.07) is 9.57. The molecular weight excluding hydrogens is 330 g/mol. The van der Waals surface area contributed by atoms with Crippen LogP contribution in [0.1, 0.15) is 43.2 Å². The number of nitrogens with zero attached hydrogens (tertiary/aromatic N) is 4. The number of imide groups is 1. The molecule has 1 saturated carbocycles. The van der Waals surface area contributed by atoms with Crippen molar-refractivity contribution >= 4 is 18.2 Å². The van der Waals surface area contributed by atoms with Crippen molar-refractivity contribution in [1.82, 2.24) is 20.1 Å². The van der Waals surface area contributed by atoms with Gasteiger partial charge in [0.1, 0.15) is 5.54 Å². The largest absolute Gasteiger partial charge is 0.346 e. The van der Waals surface area contributed by atoms with E-state index in [2.05, 4.69) is 15.5 Å². The Morgan fingerprint density at radius 1 is 1.15 bits per heavy atom. The van der Waals surface area contributed by atoms with E-state index >= 15 is 0 Å². The Labute approximate surface area is 151 Å². The fourth-order valence-corrected chi connectivity index (χ4v) is 3.63. The van der Waals surface area contributed by atoms with Gasteiger partial charge in [0.05, 0.1) is 19.0 Å². The first-order chi connectivity index (χ1) is 12.7. The molecule has 134 valence electrons. The van der Waals surface area contributed by atoms with Crippen LogP contribution >= 0.6 is 0 Å². The van der Waals surface area contributed by atoms with Crippen LogP contribution in [0, 0.1) is 0 Å². The quantitative estimate of drug-likeness (QED) is 0.679. The van der Waals surface area contributed by atoms with Crippen LogP contribution in [0.4, 0.5) is 4.79 Å². The zero-order valence-electron chi connectivity index (χ0n) is 14.5. The number of hydrogen-bond acceptors (Lipinski definition) is 4. The van der Waals surface area contributed by atoms with Gasteiger partial charge >= 0.3 is 6.03 Å². The van der Waals surface area contributed by atoms with Crippen LogP contribution in [0.25, 0.3) is 0 Å². The molecule has 0 atom stereocenters. The second kappa shape index (κ2) is 6.74. The number of hydrogen-bond donors (Lipinski definition) is 1. The van der Waals surface area contributed by atoms with Crippen LogP contribution in [0.3, 0.4) is 0 Å². The maximum atomic E-state index is 12.7. The Hall–Kier alpha value is -2.96. The van der Waals surface area contributed by atoms with E-state index in [1.807, 2.05) is 36.5 Å². The van der Waals surface area contributed by atoms with Crippen LogP contribution in [-0.4, -0.2) is 38.5 Å². The molecule has 7 heteroatoms. The Morgan fingerprint density at radius 3 is 2.69 bits per heavy atom. The molecule has 2 aliphatic rings. The van der Waals surface area contributed by atoms with Crippen LogP contribution in [0.5, 0.6) is 0 Å². The average Bonchev–Trinajstić information content (AvgIpc) is 3.18. The lowest BCUT2D eigenvalue weighted by Crippen LogP contribution is -2.48. The Bertz CT molecular complexity index is 837. The normalized spacial score (nSPS) is 19.5. The highest BCUT2D eigenvalue weighted by Crippen LogP contribution is 2.33. The fourth-order valence-electron chi connectivity index (χ4n) is 3.63. The molecule has 2 aromatic rings. The molecule has 0 radical (unpaired) electrons. The number of carbonyl (C=O) groups excluding carboxylic acids is 2. The zero-order valence-corrected chi connectivity index (χ0v) is 14.5. The fraction of sp³-hybridized carbons (Fsp3) is 0.368. The highest BCUT2D eigenvalue weighted by molar-refractivity contribution is 6.07. The smallest absolute Gasteiger partial charge is 0.321 e. The van der Waals surface area contributed by atoms with Crippen LogP contribution in [0.15, 0.2) is 47.8 Å². The first-order valence-electron chi connectivity index (χ1n) is 8.93. The maximum absolute atomic E-state index is 12.7. The summed E-state index contributed by atoms with van der Waals surface area (Å²) in [6.45, 7) is 0.654. The van der Waals surface area contributed by atoms with Crippen molar-refractivity contribution in [3.05, 3.63) is 53.9 Å². The molecule has 1 aliphatic heterocycles. The van der Waals surface area contributed by atoms with E-state index in [0.29, 0.717) is 19.4 Å². The van der Waals surface area contributed by atoms with E-state index in [9.17, 15) is 9.59 Å². The minimum Gasteiger partial charge on any atom is -0.321 e. The summed E-state index contributed by atoms with van der Waals surface area (Å²) in [6.07, 6.45) is 9.41. The molecule has 0 unspecified atom stereocenters. The third-order valence-corrected chi connectivity index (χ3v) is 5.01. The van der Waals surface area contributed by atoms with Crippen LogP contribution in [0.2, 0.25) is 0 Å². The summed E-state index contributed by atoms with van der Waals surface area (Å²) in [5, 5.41) is 12.2. The lowest BCUT2D eigenvalue weighted by Gasteiger charge is -2.29. The van der Waals surface area contributed by atoms with Crippen LogP contribution in [-0.2, 0) is 11.3 Å². The van der Waals surface area contributed by atoms with Gasteiger partial charge in [-0.25, -0.2) is 4.79 Å². The van der Waals surface area contributed by atoms with E-state index < -0.39 is 11.6 Å². The number of rotatable bonds is 4. The van der Waals surface area contributed by atoms with Gasteiger partial charge in [-0.3, -0.25) is 9.48 Å². The molecule has 26 heavy (non-hydrogen) atoms.